The van der Waals surface area contributed by atoms with Crippen molar-refractivity contribution in [2.75, 3.05) is 19.0 Å². The van der Waals surface area contributed by atoms with E-state index < -0.39 is 6.03 Å². The zero-order valence-corrected chi connectivity index (χ0v) is 19.7. The molecule has 0 unspecified atom stereocenters. The molecule has 172 valence electrons. The lowest BCUT2D eigenvalue weighted by Gasteiger charge is -2.18. The minimum absolute atomic E-state index is 0.0701. The second-order valence-electron chi connectivity index (χ2n) is 8.56. The van der Waals surface area contributed by atoms with Gasteiger partial charge in [-0.2, -0.15) is 4.98 Å². The van der Waals surface area contributed by atoms with Crippen molar-refractivity contribution in [2.24, 2.45) is 0 Å². The maximum absolute atomic E-state index is 12.7. The number of rotatable bonds is 7. The molecule has 7 heteroatoms. The number of nitrogens with zero attached hydrogens (tertiary/aromatic N) is 4. The number of imide groups is 1. The van der Waals surface area contributed by atoms with E-state index in [1.807, 2.05) is 47.9 Å². The molecule has 3 aromatic rings. The molecule has 0 bridgehead atoms. The summed E-state index contributed by atoms with van der Waals surface area (Å²) in [5.41, 5.74) is 4.08. The second kappa shape index (κ2) is 9.48. The number of benzene rings is 2. The maximum atomic E-state index is 12.7. The first-order valence-electron chi connectivity index (χ1n) is 11.3. The molecule has 2 heterocycles. The topological polar surface area (TPSA) is 67.7 Å². The number of amides is 3. The lowest BCUT2D eigenvalue weighted by molar-refractivity contribution is -0.126. The summed E-state index contributed by atoms with van der Waals surface area (Å²) in [4.78, 5) is 32.6. The lowest BCUT2D eigenvalue weighted by Crippen LogP contribution is -2.40. The number of ether oxygens (including phenoxy) is 1. The molecule has 0 atom stereocenters. The number of aryl methyl sites for hydroxylation is 2. The number of hydrogen-bond acceptors (Lipinski definition) is 4. The molecule has 1 aliphatic heterocycles. The van der Waals surface area contributed by atoms with Gasteiger partial charge in [-0.1, -0.05) is 55.3 Å². The van der Waals surface area contributed by atoms with Crippen LogP contribution < -0.4 is 9.64 Å². The Kier molecular flexibility index (Phi) is 6.49. The van der Waals surface area contributed by atoms with Crippen molar-refractivity contribution in [1.29, 1.82) is 0 Å². The summed E-state index contributed by atoms with van der Waals surface area (Å²) < 4.78 is 8.17. The predicted octanol–water partition coefficient (Wildman–Crippen LogP) is 4.95. The van der Waals surface area contributed by atoms with Crippen LogP contribution in [0.15, 0.2) is 48.5 Å². The first kappa shape index (κ1) is 22.6. The summed E-state index contributed by atoms with van der Waals surface area (Å²) >= 11 is 0. The summed E-state index contributed by atoms with van der Waals surface area (Å²) in [6, 6.07) is 16.1. The molecule has 7 nitrogen and oxygen atoms in total. The fourth-order valence-electron chi connectivity index (χ4n) is 4.06. The van der Waals surface area contributed by atoms with Crippen LogP contribution in [0.4, 0.5) is 10.6 Å². The third-order valence-electron chi connectivity index (χ3n) is 5.95. The van der Waals surface area contributed by atoms with Gasteiger partial charge in [0.2, 0.25) is 5.91 Å². The Morgan fingerprint density at radius 3 is 2.52 bits per heavy atom. The van der Waals surface area contributed by atoms with E-state index in [-0.39, 0.29) is 12.3 Å². The number of aromatic nitrogens is 2. The zero-order chi connectivity index (χ0) is 23.5. The molecule has 1 aliphatic rings. The van der Waals surface area contributed by atoms with Gasteiger partial charge >= 0.3 is 12.0 Å². The van der Waals surface area contributed by atoms with Gasteiger partial charge in [0.1, 0.15) is 5.75 Å². The summed E-state index contributed by atoms with van der Waals surface area (Å²) in [6.07, 6.45) is 3.30. The molecule has 3 amide bonds. The predicted molar refractivity (Wildman–Crippen MR) is 128 cm³/mol. The monoisotopic (exact) mass is 446 g/mol. The van der Waals surface area contributed by atoms with Crippen molar-refractivity contribution in [3.8, 4) is 11.8 Å². The molecule has 4 rings (SSSR count). The molecule has 2 aromatic carbocycles. The molecule has 0 saturated carbocycles. The largest absolute Gasteiger partial charge is 0.425 e. The minimum Gasteiger partial charge on any atom is -0.425 e. The SMILES string of the molecule is CCCCc1cccc(Oc2nc3c(n2Cc2cccc(C)c2)CC(=O)N(C)C(=O)N3C)c1. The summed E-state index contributed by atoms with van der Waals surface area (Å²) in [6.45, 7) is 4.70. The summed E-state index contributed by atoms with van der Waals surface area (Å²) in [7, 11) is 3.13. The van der Waals surface area contributed by atoms with Gasteiger partial charge in [0.25, 0.3) is 0 Å². The lowest BCUT2D eigenvalue weighted by atomic mass is 10.1. The zero-order valence-electron chi connectivity index (χ0n) is 19.7. The third-order valence-corrected chi connectivity index (χ3v) is 5.95. The Labute approximate surface area is 194 Å². The number of fused-ring (bicyclic) bond motifs is 1. The highest BCUT2D eigenvalue weighted by Crippen LogP contribution is 2.33. The van der Waals surface area contributed by atoms with E-state index in [0.29, 0.717) is 29.8 Å². The van der Waals surface area contributed by atoms with E-state index in [9.17, 15) is 9.59 Å². The van der Waals surface area contributed by atoms with E-state index >= 15 is 0 Å². The quantitative estimate of drug-likeness (QED) is 0.515. The van der Waals surface area contributed by atoms with Gasteiger partial charge in [0, 0.05) is 14.1 Å². The van der Waals surface area contributed by atoms with Crippen LogP contribution in [-0.2, 0) is 24.2 Å². The van der Waals surface area contributed by atoms with E-state index in [1.165, 1.54) is 17.5 Å². The number of urea groups is 1. The maximum Gasteiger partial charge on any atom is 0.331 e. The van der Waals surface area contributed by atoms with Crippen molar-refractivity contribution in [3.05, 3.63) is 70.9 Å². The van der Waals surface area contributed by atoms with Crippen molar-refractivity contribution in [2.45, 2.75) is 46.1 Å². The molecule has 0 N–H and O–H groups in total. The number of anilines is 1. The minimum atomic E-state index is -0.410. The average molecular weight is 447 g/mol. The molecule has 0 aliphatic carbocycles. The molecular weight excluding hydrogens is 416 g/mol. The number of carbonyl (C=O) groups excluding carboxylic acids is 2. The number of imidazole rings is 1. The van der Waals surface area contributed by atoms with Crippen LogP contribution >= 0.6 is 0 Å². The Hall–Kier alpha value is -3.61. The molecule has 0 radical (unpaired) electrons. The Balaban J connectivity index is 1.76. The fraction of sp³-hybridized carbons (Fsp3) is 0.346. The Bertz CT molecular complexity index is 1180. The Morgan fingerprint density at radius 1 is 1.00 bits per heavy atom. The van der Waals surface area contributed by atoms with Crippen LogP contribution in [0.5, 0.6) is 11.8 Å². The van der Waals surface area contributed by atoms with Crippen LogP contribution in [0.1, 0.15) is 42.1 Å². The van der Waals surface area contributed by atoms with E-state index in [0.717, 1.165) is 35.3 Å². The van der Waals surface area contributed by atoms with E-state index in [4.69, 9.17) is 4.74 Å². The molecule has 0 spiro atoms. The first-order valence-corrected chi connectivity index (χ1v) is 11.3. The number of unbranched alkanes of at least 4 members (excludes halogenated alkanes) is 1. The van der Waals surface area contributed by atoms with Crippen LogP contribution in [0.25, 0.3) is 0 Å². The van der Waals surface area contributed by atoms with Gasteiger partial charge in [-0.3, -0.25) is 19.2 Å². The van der Waals surface area contributed by atoms with Crippen LogP contribution in [0, 0.1) is 6.92 Å². The molecular formula is C26H30N4O3. The highest BCUT2D eigenvalue weighted by atomic mass is 16.5. The molecule has 1 aromatic heterocycles. The van der Waals surface area contributed by atoms with Crippen molar-refractivity contribution >= 4 is 17.8 Å². The van der Waals surface area contributed by atoms with Crippen LogP contribution in [0.2, 0.25) is 0 Å². The highest BCUT2D eigenvalue weighted by Gasteiger charge is 2.34. The molecule has 33 heavy (non-hydrogen) atoms. The standard InChI is InChI=1S/C26H30N4O3/c1-5-6-10-19-11-8-13-21(15-19)33-25-27-24-22(16-23(31)28(3)26(32)29(24)4)30(25)17-20-12-7-9-18(2)14-20/h7-9,11-15H,5-6,10,16-17H2,1-4H3. The number of hydrogen-bond donors (Lipinski definition) is 0. The van der Waals surface area contributed by atoms with Gasteiger partial charge in [-0.15, -0.1) is 0 Å². The third kappa shape index (κ3) is 4.77. The molecule has 0 saturated heterocycles. The summed E-state index contributed by atoms with van der Waals surface area (Å²) in [5.74, 6) is 0.860. The molecule has 0 fully saturated rings. The van der Waals surface area contributed by atoms with Crippen LogP contribution in [-0.4, -0.2) is 40.5 Å². The summed E-state index contributed by atoms with van der Waals surface area (Å²) in [5, 5.41) is 0. The van der Waals surface area contributed by atoms with Gasteiger partial charge in [0.15, 0.2) is 5.82 Å². The van der Waals surface area contributed by atoms with Crippen molar-refractivity contribution in [1.82, 2.24) is 14.5 Å². The normalized spacial score (nSPS) is 13.8. The van der Waals surface area contributed by atoms with Crippen molar-refractivity contribution < 1.29 is 14.3 Å². The number of likely N-dealkylation sites (N-methyl/N-ethyl adjacent to an activating group) is 1. The highest BCUT2D eigenvalue weighted by molar-refractivity contribution is 6.05. The van der Waals surface area contributed by atoms with E-state index in [2.05, 4.69) is 24.0 Å². The van der Waals surface area contributed by atoms with E-state index in [1.54, 1.807) is 7.05 Å². The van der Waals surface area contributed by atoms with Crippen molar-refractivity contribution in [3.63, 3.8) is 0 Å². The number of carbonyl (C=O) groups is 2. The Morgan fingerprint density at radius 2 is 1.76 bits per heavy atom. The smallest absolute Gasteiger partial charge is 0.331 e. The van der Waals surface area contributed by atoms with Gasteiger partial charge in [-0.05, 0) is 43.0 Å². The average Bonchev–Trinajstić information content (AvgIpc) is 3.09. The first-order chi connectivity index (χ1) is 15.9. The fourth-order valence-corrected chi connectivity index (χ4v) is 4.06. The van der Waals surface area contributed by atoms with Gasteiger partial charge < -0.3 is 4.74 Å². The van der Waals surface area contributed by atoms with Gasteiger partial charge in [0.05, 0.1) is 18.7 Å². The van der Waals surface area contributed by atoms with Gasteiger partial charge in [-0.25, -0.2) is 4.79 Å². The second-order valence-corrected chi connectivity index (χ2v) is 8.56. The van der Waals surface area contributed by atoms with Crippen LogP contribution in [0.3, 0.4) is 0 Å².